The summed E-state index contributed by atoms with van der Waals surface area (Å²) in [6.07, 6.45) is 1.89. The minimum absolute atomic E-state index is 0.508. The molecule has 1 rings (SSSR count). The van der Waals surface area contributed by atoms with E-state index in [2.05, 4.69) is 71.0 Å². The molecule has 0 aliphatic heterocycles. The van der Waals surface area contributed by atoms with E-state index in [4.69, 9.17) is 0 Å². The zero-order valence-electron chi connectivity index (χ0n) is 10.6. The quantitative estimate of drug-likeness (QED) is 0.615. The highest BCUT2D eigenvalue weighted by Gasteiger charge is 2.08. The van der Waals surface area contributed by atoms with Gasteiger partial charge in [-0.3, -0.25) is 4.90 Å². The number of hydrogen-bond acceptors (Lipinski definition) is 2. The lowest BCUT2D eigenvalue weighted by Crippen LogP contribution is -2.37. The molecular weight excluding hydrogens is 276 g/mol. The van der Waals surface area contributed by atoms with Crippen molar-refractivity contribution < 1.29 is 0 Å². The molecule has 0 heterocycles. The number of benzene rings is 1. The fraction of sp³-hybridized carbons (Fsp3) is 0.429. The average molecular weight is 297 g/mol. The van der Waals surface area contributed by atoms with Crippen LogP contribution >= 0.6 is 15.9 Å². The SMILES string of the molecule is C=CCNCC(C)N(C)Cc1cccc(Br)c1. The van der Waals surface area contributed by atoms with Crippen molar-refractivity contribution >= 4 is 15.9 Å². The Balaban J connectivity index is 2.42. The molecule has 3 heteroatoms. The van der Waals surface area contributed by atoms with Gasteiger partial charge >= 0.3 is 0 Å². The van der Waals surface area contributed by atoms with E-state index >= 15 is 0 Å². The molecular formula is C14H21BrN2. The molecule has 0 bridgehead atoms. The first-order valence-corrected chi connectivity index (χ1v) is 6.69. The number of nitrogens with one attached hydrogen (secondary N) is 1. The van der Waals surface area contributed by atoms with Crippen LogP contribution < -0.4 is 5.32 Å². The minimum atomic E-state index is 0.508. The van der Waals surface area contributed by atoms with Gasteiger partial charge < -0.3 is 5.32 Å². The molecule has 0 aromatic heterocycles. The van der Waals surface area contributed by atoms with Crippen LogP contribution in [-0.4, -0.2) is 31.1 Å². The van der Waals surface area contributed by atoms with E-state index in [-0.39, 0.29) is 0 Å². The molecule has 0 aliphatic carbocycles. The first kappa shape index (κ1) is 14.4. The van der Waals surface area contributed by atoms with Gasteiger partial charge in [-0.2, -0.15) is 0 Å². The summed E-state index contributed by atoms with van der Waals surface area (Å²) in [5.74, 6) is 0. The van der Waals surface area contributed by atoms with Gasteiger partial charge in [0.25, 0.3) is 0 Å². The van der Waals surface area contributed by atoms with Crippen molar-refractivity contribution in [2.75, 3.05) is 20.1 Å². The Morgan fingerprint density at radius 1 is 1.53 bits per heavy atom. The molecule has 0 spiro atoms. The van der Waals surface area contributed by atoms with Gasteiger partial charge in [-0.15, -0.1) is 6.58 Å². The second-order valence-electron chi connectivity index (χ2n) is 4.34. The summed E-state index contributed by atoms with van der Waals surface area (Å²) in [6, 6.07) is 8.96. The van der Waals surface area contributed by atoms with Gasteiger partial charge in [-0.1, -0.05) is 34.1 Å². The molecule has 0 aliphatic rings. The summed E-state index contributed by atoms with van der Waals surface area (Å²) < 4.78 is 1.14. The Kier molecular flexibility index (Phi) is 6.48. The molecule has 1 aromatic carbocycles. The third-order valence-electron chi connectivity index (χ3n) is 2.80. The van der Waals surface area contributed by atoms with E-state index in [1.807, 2.05) is 6.08 Å². The maximum absolute atomic E-state index is 3.70. The van der Waals surface area contributed by atoms with Crippen molar-refractivity contribution in [3.8, 4) is 0 Å². The van der Waals surface area contributed by atoms with Crippen molar-refractivity contribution in [1.82, 2.24) is 10.2 Å². The molecule has 1 aromatic rings. The summed E-state index contributed by atoms with van der Waals surface area (Å²) >= 11 is 3.50. The molecule has 1 atom stereocenters. The fourth-order valence-electron chi connectivity index (χ4n) is 1.63. The Morgan fingerprint density at radius 2 is 2.29 bits per heavy atom. The zero-order valence-corrected chi connectivity index (χ0v) is 12.2. The van der Waals surface area contributed by atoms with E-state index in [9.17, 15) is 0 Å². The van der Waals surface area contributed by atoms with Crippen LogP contribution in [0.25, 0.3) is 0 Å². The zero-order chi connectivity index (χ0) is 12.7. The van der Waals surface area contributed by atoms with Crippen molar-refractivity contribution in [2.45, 2.75) is 19.5 Å². The van der Waals surface area contributed by atoms with Gasteiger partial charge in [0.2, 0.25) is 0 Å². The first-order valence-electron chi connectivity index (χ1n) is 5.89. The summed E-state index contributed by atoms with van der Waals surface area (Å²) in [5, 5.41) is 3.34. The number of likely N-dealkylation sites (N-methyl/N-ethyl adjacent to an activating group) is 1. The van der Waals surface area contributed by atoms with Gasteiger partial charge in [0.05, 0.1) is 0 Å². The highest BCUT2D eigenvalue weighted by atomic mass is 79.9. The summed E-state index contributed by atoms with van der Waals surface area (Å²) in [5.41, 5.74) is 1.33. The van der Waals surface area contributed by atoms with Crippen LogP contribution in [0.1, 0.15) is 12.5 Å². The van der Waals surface area contributed by atoms with E-state index < -0.39 is 0 Å². The standard InChI is InChI=1S/C14H21BrN2/c1-4-8-16-10-12(2)17(3)11-13-6-5-7-14(15)9-13/h4-7,9,12,16H,1,8,10-11H2,2-3H3. The van der Waals surface area contributed by atoms with Crippen molar-refractivity contribution in [1.29, 1.82) is 0 Å². The van der Waals surface area contributed by atoms with Crippen LogP contribution in [0.5, 0.6) is 0 Å². The van der Waals surface area contributed by atoms with E-state index in [0.29, 0.717) is 6.04 Å². The van der Waals surface area contributed by atoms with Crippen LogP contribution in [0.15, 0.2) is 41.4 Å². The molecule has 17 heavy (non-hydrogen) atoms. The Morgan fingerprint density at radius 3 is 2.94 bits per heavy atom. The van der Waals surface area contributed by atoms with E-state index in [0.717, 1.165) is 24.1 Å². The summed E-state index contributed by atoms with van der Waals surface area (Å²) in [6.45, 7) is 8.75. The van der Waals surface area contributed by atoms with Gasteiger partial charge in [0.15, 0.2) is 0 Å². The highest BCUT2D eigenvalue weighted by molar-refractivity contribution is 9.10. The topological polar surface area (TPSA) is 15.3 Å². The van der Waals surface area contributed by atoms with Crippen molar-refractivity contribution in [3.63, 3.8) is 0 Å². The number of hydrogen-bond donors (Lipinski definition) is 1. The molecule has 0 saturated heterocycles. The Bertz CT molecular complexity index is 352. The lowest BCUT2D eigenvalue weighted by Gasteiger charge is -2.25. The van der Waals surface area contributed by atoms with Gasteiger partial charge in [-0.05, 0) is 31.7 Å². The molecule has 94 valence electrons. The van der Waals surface area contributed by atoms with Gasteiger partial charge in [0, 0.05) is 30.1 Å². The molecule has 0 radical (unpaired) electrons. The molecule has 0 saturated carbocycles. The van der Waals surface area contributed by atoms with Crippen LogP contribution in [-0.2, 0) is 6.54 Å². The third-order valence-corrected chi connectivity index (χ3v) is 3.30. The van der Waals surface area contributed by atoms with Crippen molar-refractivity contribution in [3.05, 3.63) is 47.0 Å². The Hall–Kier alpha value is -0.640. The highest BCUT2D eigenvalue weighted by Crippen LogP contribution is 2.13. The summed E-state index contributed by atoms with van der Waals surface area (Å²) in [4.78, 5) is 2.35. The number of rotatable bonds is 7. The van der Waals surface area contributed by atoms with E-state index in [1.165, 1.54) is 5.56 Å². The second kappa shape index (κ2) is 7.64. The van der Waals surface area contributed by atoms with Gasteiger partial charge in [0.1, 0.15) is 0 Å². The number of halogens is 1. The predicted molar refractivity (Wildman–Crippen MR) is 78.1 cm³/mol. The van der Waals surface area contributed by atoms with E-state index in [1.54, 1.807) is 0 Å². The molecule has 0 amide bonds. The molecule has 0 fully saturated rings. The fourth-order valence-corrected chi connectivity index (χ4v) is 2.08. The van der Waals surface area contributed by atoms with Crippen LogP contribution in [0, 0.1) is 0 Å². The lowest BCUT2D eigenvalue weighted by atomic mass is 10.2. The second-order valence-corrected chi connectivity index (χ2v) is 5.26. The summed E-state index contributed by atoms with van der Waals surface area (Å²) in [7, 11) is 2.15. The van der Waals surface area contributed by atoms with Crippen LogP contribution in [0.2, 0.25) is 0 Å². The third kappa shape index (κ3) is 5.48. The predicted octanol–water partition coefficient (Wildman–Crippen LogP) is 3.05. The maximum atomic E-state index is 3.70. The number of nitrogens with zero attached hydrogens (tertiary/aromatic N) is 1. The average Bonchev–Trinajstić information content (AvgIpc) is 2.29. The lowest BCUT2D eigenvalue weighted by molar-refractivity contribution is 0.244. The van der Waals surface area contributed by atoms with Crippen LogP contribution in [0.3, 0.4) is 0 Å². The van der Waals surface area contributed by atoms with Crippen molar-refractivity contribution in [2.24, 2.45) is 0 Å². The van der Waals surface area contributed by atoms with Crippen LogP contribution in [0.4, 0.5) is 0 Å². The smallest absolute Gasteiger partial charge is 0.0234 e. The molecule has 1 N–H and O–H groups in total. The maximum Gasteiger partial charge on any atom is 0.0234 e. The normalized spacial score (nSPS) is 12.7. The molecule has 2 nitrogen and oxygen atoms in total. The largest absolute Gasteiger partial charge is 0.312 e. The first-order chi connectivity index (χ1) is 8.13. The monoisotopic (exact) mass is 296 g/mol. The van der Waals surface area contributed by atoms with Gasteiger partial charge in [-0.25, -0.2) is 0 Å². The minimum Gasteiger partial charge on any atom is -0.312 e. The Labute approximate surface area is 113 Å². The molecule has 1 unspecified atom stereocenters.